The van der Waals surface area contributed by atoms with Gasteiger partial charge in [-0.05, 0) is 43.0 Å². The summed E-state index contributed by atoms with van der Waals surface area (Å²) in [7, 11) is 0. The van der Waals surface area contributed by atoms with E-state index in [2.05, 4.69) is 6.92 Å². The molecule has 0 spiro atoms. The average molecular weight is 246 g/mol. The maximum Gasteiger partial charge on any atom is 0.0595 e. The second kappa shape index (κ2) is 6.37. The predicted molar refractivity (Wildman–Crippen MR) is 67.6 cm³/mol. The molecule has 0 saturated heterocycles. The van der Waals surface area contributed by atoms with Gasteiger partial charge in [-0.2, -0.15) is 0 Å². The summed E-state index contributed by atoms with van der Waals surface area (Å²) < 4.78 is 0. The van der Waals surface area contributed by atoms with Gasteiger partial charge in [0.05, 0.1) is 10.0 Å². The molecule has 0 fully saturated rings. The van der Waals surface area contributed by atoms with E-state index >= 15 is 0 Å². The van der Waals surface area contributed by atoms with Crippen LogP contribution in [-0.2, 0) is 6.42 Å². The zero-order chi connectivity index (χ0) is 11.3. The van der Waals surface area contributed by atoms with Crippen LogP contribution in [0.2, 0.25) is 10.0 Å². The molecule has 0 heterocycles. The largest absolute Gasteiger partial charge is 0.330 e. The summed E-state index contributed by atoms with van der Waals surface area (Å²) in [6.45, 7) is 2.91. The lowest BCUT2D eigenvalue weighted by Crippen LogP contribution is -2.16. The smallest absolute Gasteiger partial charge is 0.0595 e. The third kappa shape index (κ3) is 4.02. The van der Waals surface area contributed by atoms with E-state index in [4.69, 9.17) is 28.9 Å². The maximum absolute atomic E-state index is 5.95. The zero-order valence-corrected chi connectivity index (χ0v) is 10.5. The molecule has 1 atom stereocenters. The fourth-order valence-corrected chi connectivity index (χ4v) is 2.03. The normalized spacial score (nSPS) is 12.8. The molecule has 1 unspecified atom stereocenters. The fourth-order valence-electron chi connectivity index (χ4n) is 1.71. The Balaban J connectivity index is 2.66. The molecule has 3 heteroatoms. The minimum Gasteiger partial charge on any atom is -0.330 e. The Morgan fingerprint density at radius 3 is 2.53 bits per heavy atom. The third-order valence-electron chi connectivity index (χ3n) is 2.54. The van der Waals surface area contributed by atoms with E-state index in [1.54, 1.807) is 0 Å². The van der Waals surface area contributed by atoms with Crippen LogP contribution in [0.1, 0.15) is 25.3 Å². The average Bonchev–Trinajstić information content (AvgIpc) is 2.23. The van der Waals surface area contributed by atoms with E-state index < -0.39 is 0 Å². The summed E-state index contributed by atoms with van der Waals surface area (Å²) in [6, 6.07) is 5.80. The number of halogens is 2. The van der Waals surface area contributed by atoms with Crippen molar-refractivity contribution in [1.29, 1.82) is 0 Å². The van der Waals surface area contributed by atoms with E-state index in [9.17, 15) is 0 Å². The van der Waals surface area contributed by atoms with E-state index in [1.807, 2.05) is 18.2 Å². The lowest BCUT2D eigenvalue weighted by Gasteiger charge is -2.13. The molecule has 0 aliphatic heterocycles. The quantitative estimate of drug-likeness (QED) is 0.837. The van der Waals surface area contributed by atoms with Gasteiger partial charge in [0, 0.05) is 0 Å². The van der Waals surface area contributed by atoms with Crippen LogP contribution in [0, 0.1) is 5.92 Å². The predicted octanol–water partition coefficient (Wildman–Crippen LogP) is 3.91. The molecular weight excluding hydrogens is 229 g/mol. The molecule has 0 aliphatic carbocycles. The first-order chi connectivity index (χ1) is 7.17. The zero-order valence-electron chi connectivity index (χ0n) is 8.97. The standard InChI is InChI=1S/C12H17Cl2N/c1-2-3-10(8-15)6-9-4-5-11(13)12(14)7-9/h4-5,7,10H,2-3,6,8,15H2,1H3. The Bertz CT molecular complexity index is 312. The Kier molecular flexibility index (Phi) is 5.44. The highest BCUT2D eigenvalue weighted by atomic mass is 35.5. The maximum atomic E-state index is 5.95. The first kappa shape index (κ1) is 12.8. The van der Waals surface area contributed by atoms with Gasteiger partial charge in [0.25, 0.3) is 0 Å². The molecule has 0 bridgehead atoms. The van der Waals surface area contributed by atoms with Crippen LogP contribution >= 0.6 is 23.2 Å². The van der Waals surface area contributed by atoms with E-state index in [-0.39, 0.29) is 0 Å². The summed E-state index contributed by atoms with van der Waals surface area (Å²) >= 11 is 11.8. The Hall–Kier alpha value is -0.240. The minimum absolute atomic E-state index is 0.548. The summed E-state index contributed by atoms with van der Waals surface area (Å²) in [4.78, 5) is 0. The van der Waals surface area contributed by atoms with Gasteiger partial charge in [-0.3, -0.25) is 0 Å². The monoisotopic (exact) mass is 245 g/mol. The van der Waals surface area contributed by atoms with Gasteiger partial charge in [-0.25, -0.2) is 0 Å². The van der Waals surface area contributed by atoms with Crippen molar-refractivity contribution in [2.24, 2.45) is 11.7 Å². The number of nitrogens with two attached hydrogens (primary N) is 1. The van der Waals surface area contributed by atoms with Crippen LogP contribution in [0.4, 0.5) is 0 Å². The highest BCUT2D eigenvalue weighted by Gasteiger charge is 2.07. The van der Waals surface area contributed by atoms with Crippen LogP contribution in [0.15, 0.2) is 18.2 Å². The number of hydrogen-bond donors (Lipinski definition) is 1. The van der Waals surface area contributed by atoms with Crippen LogP contribution in [0.25, 0.3) is 0 Å². The second-order valence-electron chi connectivity index (χ2n) is 3.84. The lowest BCUT2D eigenvalue weighted by molar-refractivity contribution is 0.487. The summed E-state index contributed by atoms with van der Waals surface area (Å²) in [5.41, 5.74) is 6.93. The Labute approximate surface area is 102 Å². The van der Waals surface area contributed by atoms with Crippen molar-refractivity contribution in [3.63, 3.8) is 0 Å². The lowest BCUT2D eigenvalue weighted by atomic mass is 9.95. The van der Waals surface area contributed by atoms with Gasteiger partial charge in [0.15, 0.2) is 0 Å². The van der Waals surface area contributed by atoms with Gasteiger partial charge in [-0.1, -0.05) is 42.6 Å². The van der Waals surface area contributed by atoms with Gasteiger partial charge in [0.1, 0.15) is 0 Å². The van der Waals surface area contributed by atoms with Crippen molar-refractivity contribution in [3.05, 3.63) is 33.8 Å². The van der Waals surface area contributed by atoms with E-state index in [0.29, 0.717) is 16.0 Å². The Morgan fingerprint density at radius 2 is 2.00 bits per heavy atom. The first-order valence-electron chi connectivity index (χ1n) is 5.31. The molecule has 1 nitrogen and oxygen atoms in total. The van der Waals surface area contributed by atoms with E-state index in [1.165, 1.54) is 12.0 Å². The fraction of sp³-hybridized carbons (Fsp3) is 0.500. The van der Waals surface area contributed by atoms with Crippen molar-refractivity contribution in [2.75, 3.05) is 6.54 Å². The molecular formula is C12H17Cl2N. The molecule has 1 rings (SSSR count). The Morgan fingerprint density at radius 1 is 1.27 bits per heavy atom. The van der Waals surface area contributed by atoms with Crippen LogP contribution in [0.3, 0.4) is 0 Å². The molecule has 0 aromatic heterocycles. The summed E-state index contributed by atoms with van der Waals surface area (Å²) in [6.07, 6.45) is 3.32. The molecule has 0 saturated carbocycles. The molecule has 2 N–H and O–H groups in total. The molecule has 15 heavy (non-hydrogen) atoms. The van der Waals surface area contributed by atoms with Crippen molar-refractivity contribution in [3.8, 4) is 0 Å². The van der Waals surface area contributed by atoms with Crippen LogP contribution in [-0.4, -0.2) is 6.54 Å². The molecule has 0 amide bonds. The number of rotatable bonds is 5. The van der Waals surface area contributed by atoms with Crippen molar-refractivity contribution in [2.45, 2.75) is 26.2 Å². The molecule has 1 aromatic carbocycles. The highest BCUT2D eigenvalue weighted by molar-refractivity contribution is 6.42. The molecule has 84 valence electrons. The molecule has 1 aromatic rings. The van der Waals surface area contributed by atoms with Crippen molar-refractivity contribution in [1.82, 2.24) is 0 Å². The van der Waals surface area contributed by atoms with Gasteiger partial charge in [0.2, 0.25) is 0 Å². The first-order valence-corrected chi connectivity index (χ1v) is 6.07. The second-order valence-corrected chi connectivity index (χ2v) is 4.66. The van der Waals surface area contributed by atoms with Gasteiger partial charge >= 0.3 is 0 Å². The number of benzene rings is 1. The van der Waals surface area contributed by atoms with Gasteiger partial charge in [-0.15, -0.1) is 0 Å². The van der Waals surface area contributed by atoms with Crippen molar-refractivity contribution < 1.29 is 0 Å². The molecule has 0 aliphatic rings. The van der Waals surface area contributed by atoms with E-state index in [0.717, 1.165) is 19.4 Å². The third-order valence-corrected chi connectivity index (χ3v) is 3.28. The highest BCUT2D eigenvalue weighted by Crippen LogP contribution is 2.24. The summed E-state index contributed by atoms with van der Waals surface area (Å²) in [5, 5.41) is 1.24. The van der Waals surface area contributed by atoms with Gasteiger partial charge < -0.3 is 5.73 Å². The topological polar surface area (TPSA) is 26.0 Å². The van der Waals surface area contributed by atoms with Crippen LogP contribution < -0.4 is 5.73 Å². The molecule has 0 radical (unpaired) electrons. The van der Waals surface area contributed by atoms with Crippen molar-refractivity contribution >= 4 is 23.2 Å². The summed E-state index contributed by atoms with van der Waals surface area (Å²) in [5.74, 6) is 0.548. The minimum atomic E-state index is 0.548. The van der Waals surface area contributed by atoms with Crippen LogP contribution in [0.5, 0.6) is 0 Å². The SMILES string of the molecule is CCCC(CN)Cc1ccc(Cl)c(Cl)c1. The number of hydrogen-bond acceptors (Lipinski definition) is 1.